The SMILES string of the molecule is CN(CCCCCO)C(=O)CNC(=O)c1cccs1. The van der Waals surface area contributed by atoms with Crippen LogP contribution in [0.15, 0.2) is 17.5 Å². The molecule has 1 aromatic heterocycles. The van der Waals surface area contributed by atoms with Crippen molar-refractivity contribution in [1.82, 2.24) is 10.2 Å². The van der Waals surface area contributed by atoms with Crippen LogP contribution >= 0.6 is 11.3 Å². The fourth-order valence-corrected chi connectivity index (χ4v) is 2.19. The normalized spacial score (nSPS) is 10.2. The Morgan fingerprint density at radius 3 is 2.79 bits per heavy atom. The maximum absolute atomic E-state index is 11.7. The summed E-state index contributed by atoms with van der Waals surface area (Å²) in [5.74, 6) is -0.314. The molecule has 2 N–H and O–H groups in total. The minimum Gasteiger partial charge on any atom is -0.396 e. The number of likely N-dealkylation sites (N-methyl/N-ethyl adjacent to an activating group) is 1. The van der Waals surface area contributed by atoms with Gasteiger partial charge < -0.3 is 15.3 Å². The van der Waals surface area contributed by atoms with E-state index in [9.17, 15) is 9.59 Å². The van der Waals surface area contributed by atoms with E-state index in [-0.39, 0.29) is 25.0 Å². The van der Waals surface area contributed by atoms with Crippen LogP contribution in [0.25, 0.3) is 0 Å². The van der Waals surface area contributed by atoms with E-state index in [2.05, 4.69) is 5.32 Å². The smallest absolute Gasteiger partial charge is 0.261 e. The average molecular weight is 284 g/mol. The van der Waals surface area contributed by atoms with Gasteiger partial charge in [0.2, 0.25) is 5.91 Å². The first-order valence-corrected chi connectivity index (χ1v) is 7.19. The van der Waals surface area contributed by atoms with Gasteiger partial charge in [-0.25, -0.2) is 0 Å². The van der Waals surface area contributed by atoms with Crippen molar-refractivity contribution >= 4 is 23.2 Å². The molecule has 1 heterocycles. The molecule has 1 rings (SSSR count). The summed E-state index contributed by atoms with van der Waals surface area (Å²) in [4.78, 5) is 25.6. The van der Waals surface area contributed by atoms with Crippen LogP contribution in [0.1, 0.15) is 28.9 Å². The number of aliphatic hydroxyl groups excluding tert-OH is 1. The molecular weight excluding hydrogens is 264 g/mol. The number of hydrogen-bond acceptors (Lipinski definition) is 4. The number of carbonyl (C=O) groups excluding carboxylic acids is 2. The summed E-state index contributed by atoms with van der Waals surface area (Å²) in [6.45, 7) is 0.857. The lowest BCUT2D eigenvalue weighted by Crippen LogP contribution is -2.38. The zero-order valence-corrected chi connectivity index (χ0v) is 11.9. The third kappa shape index (κ3) is 5.85. The van der Waals surface area contributed by atoms with Gasteiger partial charge in [-0.15, -0.1) is 11.3 Å². The molecule has 6 heteroatoms. The second kappa shape index (κ2) is 8.66. The fourth-order valence-electron chi connectivity index (χ4n) is 1.55. The Balaban J connectivity index is 2.21. The van der Waals surface area contributed by atoms with Crippen molar-refractivity contribution in [2.75, 3.05) is 26.7 Å². The first kappa shape index (κ1) is 15.7. The standard InChI is InChI=1S/C13H20N2O3S/c1-15(7-3-2-4-8-16)12(17)10-14-13(18)11-6-5-9-19-11/h5-6,9,16H,2-4,7-8,10H2,1H3,(H,14,18). The Bertz CT molecular complexity index is 393. The van der Waals surface area contributed by atoms with E-state index >= 15 is 0 Å². The second-order valence-corrected chi connectivity index (χ2v) is 5.21. The van der Waals surface area contributed by atoms with E-state index in [1.54, 1.807) is 24.1 Å². The van der Waals surface area contributed by atoms with Crippen molar-refractivity contribution in [2.45, 2.75) is 19.3 Å². The van der Waals surface area contributed by atoms with E-state index in [0.717, 1.165) is 19.3 Å². The molecule has 0 aliphatic rings. The van der Waals surface area contributed by atoms with Crippen LogP contribution in [0.3, 0.4) is 0 Å². The summed E-state index contributed by atoms with van der Waals surface area (Å²) in [6, 6.07) is 3.53. The number of nitrogens with zero attached hydrogens (tertiary/aromatic N) is 1. The van der Waals surface area contributed by atoms with Gasteiger partial charge in [0.1, 0.15) is 0 Å². The van der Waals surface area contributed by atoms with E-state index in [1.165, 1.54) is 11.3 Å². The molecule has 0 fully saturated rings. The third-order valence-corrected chi connectivity index (χ3v) is 3.59. The van der Waals surface area contributed by atoms with E-state index in [0.29, 0.717) is 11.4 Å². The molecule has 0 radical (unpaired) electrons. The molecule has 0 aliphatic carbocycles. The highest BCUT2D eigenvalue weighted by Gasteiger charge is 2.11. The van der Waals surface area contributed by atoms with Crippen LogP contribution in [0, 0.1) is 0 Å². The molecule has 0 saturated heterocycles. The second-order valence-electron chi connectivity index (χ2n) is 4.26. The lowest BCUT2D eigenvalue weighted by Gasteiger charge is -2.17. The first-order chi connectivity index (χ1) is 9.15. The topological polar surface area (TPSA) is 69.6 Å². The van der Waals surface area contributed by atoms with E-state index in [4.69, 9.17) is 5.11 Å². The monoisotopic (exact) mass is 284 g/mol. The molecule has 0 atom stereocenters. The molecular formula is C13H20N2O3S. The number of carbonyl (C=O) groups is 2. The Hall–Kier alpha value is -1.40. The number of nitrogens with one attached hydrogen (secondary N) is 1. The van der Waals surface area contributed by atoms with Crippen molar-refractivity contribution in [2.24, 2.45) is 0 Å². The minimum atomic E-state index is -0.211. The van der Waals surface area contributed by atoms with Gasteiger partial charge in [0.25, 0.3) is 5.91 Å². The highest BCUT2D eigenvalue weighted by Crippen LogP contribution is 2.07. The van der Waals surface area contributed by atoms with Gasteiger partial charge >= 0.3 is 0 Å². The number of hydrogen-bond donors (Lipinski definition) is 2. The van der Waals surface area contributed by atoms with Crippen LogP contribution in [0.2, 0.25) is 0 Å². The van der Waals surface area contributed by atoms with Crippen LogP contribution in [-0.2, 0) is 4.79 Å². The van der Waals surface area contributed by atoms with Gasteiger partial charge in [0.15, 0.2) is 0 Å². The van der Waals surface area contributed by atoms with Crippen LogP contribution in [0.4, 0.5) is 0 Å². The van der Waals surface area contributed by atoms with Gasteiger partial charge in [0.05, 0.1) is 11.4 Å². The Morgan fingerprint density at radius 1 is 1.37 bits per heavy atom. The van der Waals surface area contributed by atoms with E-state index in [1.807, 2.05) is 5.38 Å². The highest BCUT2D eigenvalue weighted by molar-refractivity contribution is 7.12. The maximum Gasteiger partial charge on any atom is 0.261 e. The summed E-state index contributed by atoms with van der Waals surface area (Å²) in [6.07, 6.45) is 2.52. The lowest BCUT2D eigenvalue weighted by molar-refractivity contribution is -0.128. The zero-order valence-electron chi connectivity index (χ0n) is 11.1. The Morgan fingerprint density at radius 2 is 2.16 bits per heavy atom. The number of aliphatic hydroxyl groups is 1. The fraction of sp³-hybridized carbons (Fsp3) is 0.538. The molecule has 0 saturated carbocycles. The summed E-state index contributed by atoms with van der Waals surface area (Å²) in [5, 5.41) is 13.1. The minimum absolute atomic E-state index is 0.0211. The molecule has 0 unspecified atom stereocenters. The molecule has 1 aromatic rings. The molecule has 2 amide bonds. The summed E-state index contributed by atoms with van der Waals surface area (Å²) >= 11 is 1.35. The predicted molar refractivity (Wildman–Crippen MR) is 75.2 cm³/mol. The Kier molecular flexibility index (Phi) is 7.14. The lowest BCUT2D eigenvalue weighted by atomic mass is 10.2. The van der Waals surface area contributed by atoms with Crippen LogP contribution < -0.4 is 5.32 Å². The zero-order chi connectivity index (χ0) is 14.1. The van der Waals surface area contributed by atoms with Crippen molar-refractivity contribution in [3.05, 3.63) is 22.4 Å². The summed E-state index contributed by atoms with van der Waals surface area (Å²) in [5.41, 5.74) is 0. The molecule has 0 aromatic carbocycles. The van der Waals surface area contributed by atoms with E-state index < -0.39 is 0 Å². The summed E-state index contributed by atoms with van der Waals surface area (Å²) in [7, 11) is 1.72. The van der Waals surface area contributed by atoms with Crippen LogP contribution in [0.5, 0.6) is 0 Å². The van der Waals surface area contributed by atoms with Gasteiger partial charge in [-0.1, -0.05) is 6.07 Å². The van der Waals surface area contributed by atoms with Gasteiger partial charge in [0, 0.05) is 20.2 Å². The van der Waals surface area contributed by atoms with Crippen LogP contribution in [-0.4, -0.2) is 48.6 Å². The predicted octanol–water partition coefficient (Wildman–Crippen LogP) is 1.10. The first-order valence-electron chi connectivity index (χ1n) is 6.31. The molecule has 0 bridgehead atoms. The van der Waals surface area contributed by atoms with Crippen molar-refractivity contribution in [3.63, 3.8) is 0 Å². The highest BCUT2D eigenvalue weighted by atomic mass is 32.1. The molecule has 0 aliphatic heterocycles. The Labute approximate surface area is 117 Å². The van der Waals surface area contributed by atoms with Gasteiger partial charge in [-0.05, 0) is 30.7 Å². The van der Waals surface area contributed by atoms with Gasteiger partial charge in [-0.3, -0.25) is 9.59 Å². The molecule has 19 heavy (non-hydrogen) atoms. The van der Waals surface area contributed by atoms with Crippen molar-refractivity contribution in [3.8, 4) is 0 Å². The molecule has 5 nitrogen and oxygen atoms in total. The number of rotatable bonds is 8. The van der Waals surface area contributed by atoms with Crippen molar-refractivity contribution in [1.29, 1.82) is 0 Å². The average Bonchev–Trinajstić information content (AvgIpc) is 2.94. The largest absolute Gasteiger partial charge is 0.396 e. The van der Waals surface area contributed by atoms with Crippen molar-refractivity contribution < 1.29 is 14.7 Å². The number of thiophene rings is 1. The summed E-state index contributed by atoms with van der Waals surface area (Å²) < 4.78 is 0. The molecule has 0 spiro atoms. The molecule has 106 valence electrons. The maximum atomic E-state index is 11.7. The van der Waals surface area contributed by atoms with Gasteiger partial charge in [-0.2, -0.15) is 0 Å². The third-order valence-electron chi connectivity index (χ3n) is 2.72. The quantitative estimate of drug-likeness (QED) is 0.702. The number of amides is 2. The number of unbranched alkanes of at least 4 members (excludes halogenated alkanes) is 2.